The average molecular weight is 732 g/mol. The number of aromatic nitrogens is 1. The van der Waals surface area contributed by atoms with E-state index in [-0.39, 0.29) is 11.3 Å². The lowest BCUT2D eigenvalue weighted by Crippen LogP contribution is -2.11. The van der Waals surface area contributed by atoms with Gasteiger partial charge in [-0.05, 0) is 106 Å². The first kappa shape index (κ1) is 19.8. The molecule has 0 amide bonds. The number of fused-ring (bicyclic) bond motifs is 3. The zero-order valence-electron chi connectivity index (χ0n) is 46.5. The van der Waals surface area contributed by atoms with E-state index in [4.69, 9.17) is 11.0 Å². The summed E-state index contributed by atoms with van der Waals surface area (Å²) >= 11 is 0. The monoisotopic (exact) mass is 731 g/mol. The number of rotatable bonds is 8. The van der Waals surface area contributed by atoms with Gasteiger partial charge in [0.2, 0.25) is 0 Å². The Kier molecular flexibility index (Phi) is 5.10. The van der Waals surface area contributed by atoms with Gasteiger partial charge in [-0.25, -0.2) is 0 Å². The third-order valence-electron chi connectivity index (χ3n) is 9.56. The van der Waals surface area contributed by atoms with Gasteiger partial charge in [-0.15, -0.1) is 0 Å². The third kappa shape index (κ3) is 6.14. The molecule has 0 atom stereocenters. The number of hydrogen-bond acceptors (Lipinski definition) is 1. The van der Waals surface area contributed by atoms with Crippen LogP contribution in [-0.4, -0.2) is 4.57 Å². The van der Waals surface area contributed by atoms with E-state index in [2.05, 4.69) is 4.57 Å². The molecule has 0 bridgehead atoms. The van der Waals surface area contributed by atoms with Gasteiger partial charge < -0.3 is 9.47 Å². The van der Waals surface area contributed by atoms with E-state index in [0.29, 0.717) is 11.1 Å². The maximum absolute atomic E-state index is 10.1. The van der Waals surface area contributed by atoms with Crippen LogP contribution in [-0.2, 0) is 0 Å². The molecule has 1 heterocycles. The largest absolute Gasteiger partial charge is 0.310 e. The van der Waals surface area contributed by atoms with Gasteiger partial charge in [0.05, 0.1) is 40.0 Å². The lowest BCUT2D eigenvalue weighted by molar-refractivity contribution is 1.18. The Bertz CT molecular complexity index is 3880. The molecule has 10 aromatic rings. The Balaban J connectivity index is 1.35. The Morgan fingerprint density at radius 2 is 0.982 bits per heavy atom. The van der Waals surface area contributed by atoms with Crippen molar-refractivity contribution in [3.05, 3.63) is 230 Å². The zero-order chi connectivity index (χ0) is 52.1. The van der Waals surface area contributed by atoms with Crippen molar-refractivity contribution in [2.45, 2.75) is 0 Å². The highest BCUT2D eigenvalue weighted by Gasteiger charge is 2.20. The number of anilines is 3. The summed E-state index contributed by atoms with van der Waals surface area (Å²) in [6.45, 7) is 0. The first-order chi connectivity index (χ1) is 34.9. The topological polar surface area (TPSA) is 8.17 Å². The van der Waals surface area contributed by atoms with Gasteiger partial charge >= 0.3 is 0 Å². The fourth-order valence-corrected chi connectivity index (χ4v) is 7.00. The molecule has 0 aliphatic heterocycles. The van der Waals surface area contributed by atoms with Gasteiger partial charge in [0, 0.05) is 33.4 Å². The Labute approximate surface area is 351 Å². The van der Waals surface area contributed by atoms with Gasteiger partial charge in [-0.1, -0.05) is 163 Å². The van der Waals surface area contributed by atoms with Crippen molar-refractivity contribution in [1.29, 1.82) is 0 Å². The second-order valence-electron chi connectivity index (χ2n) is 12.9. The molecule has 2 heteroatoms. The van der Waals surface area contributed by atoms with Crippen LogP contribution in [0.2, 0.25) is 0 Å². The normalized spacial score (nSPS) is 15.5. The smallest absolute Gasteiger partial charge is 0.0651 e. The molecule has 56 heavy (non-hydrogen) atoms. The van der Waals surface area contributed by atoms with Crippen LogP contribution in [0.4, 0.5) is 17.1 Å². The van der Waals surface area contributed by atoms with E-state index >= 15 is 0 Å². The molecule has 0 fully saturated rings. The van der Waals surface area contributed by atoms with E-state index in [1.54, 1.807) is 36.4 Å². The second-order valence-corrected chi connectivity index (χ2v) is 12.9. The predicted octanol–water partition coefficient (Wildman–Crippen LogP) is 14.9. The lowest BCUT2D eigenvalue weighted by Gasteiger charge is -2.29. The zero-order valence-corrected chi connectivity index (χ0v) is 29.5. The maximum Gasteiger partial charge on any atom is 0.0651 e. The van der Waals surface area contributed by atoms with Gasteiger partial charge in [0.15, 0.2) is 0 Å². The van der Waals surface area contributed by atoms with Crippen molar-refractivity contribution in [3.63, 3.8) is 0 Å². The summed E-state index contributed by atoms with van der Waals surface area (Å²) < 4.78 is 157. The molecule has 0 N–H and O–H groups in total. The van der Waals surface area contributed by atoms with Crippen LogP contribution in [0.3, 0.4) is 0 Å². The highest BCUT2D eigenvalue weighted by atomic mass is 15.1. The molecule has 10 rings (SSSR count). The molecule has 0 unspecified atom stereocenters. The molecule has 1 aromatic heterocycles. The molecule has 2 nitrogen and oxygen atoms in total. The third-order valence-corrected chi connectivity index (χ3v) is 9.56. The molecule has 0 aliphatic carbocycles. The Morgan fingerprint density at radius 3 is 1.75 bits per heavy atom. The van der Waals surface area contributed by atoms with Gasteiger partial charge in [-0.2, -0.15) is 0 Å². The molecule has 0 saturated carbocycles. The number of para-hydroxylation sites is 2. The summed E-state index contributed by atoms with van der Waals surface area (Å²) in [6.07, 6.45) is 0. The summed E-state index contributed by atoms with van der Waals surface area (Å²) in [7, 11) is 0. The first-order valence-corrected chi connectivity index (χ1v) is 17.8. The van der Waals surface area contributed by atoms with Crippen molar-refractivity contribution >= 4 is 38.9 Å². The fourth-order valence-electron chi connectivity index (χ4n) is 7.00. The van der Waals surface area contributed by atoms with E-state index < -0.39 is 136 Å². The predicted molar refractivity (Wildman–Crippen MR) is 237 cm³/mol. The summed E-state index contributed by atoms with van der Waals surface area (Å²) in [5.74, 6) is 0. The molecule has 9 aromatic carbocycles. The van der Waals surface area contributed by atoms with Crippen molar-refractivity contribution in [2.75, 3.05) is 4.90 Å². The fraction of sp³-hybridized carbons (Fsp3) is 0. The maximum atomic E-state index is 10.1. The van der Waals surface area contributed by atoms with Crippen molar-refractivity contribution < 1.29 is 23.3 Å². The Morgan fingerprint density at radius 1 is 0.375 bits per heavy atom. The quantitative estimate of drug-likeness (QED) is 0.151. The molecular weight excluding hydrogens is 677 g/mol. The average Bonchev–Trinajstić information content (AvgIpc) is 3.74. The van der Waals surface area contributed by atoms with E-state index in [1.807, 2.05) is 91.0 Å². The molecule has 264 valence electrons. The van der Waals surface area contributed by atoms with Gasteiger partial charge in [0.1, 0.15) is 0 Å². The highest BCUT2D eigenvalue weighted by Crippen LogP contribution is 2.44. The standard InChI is InChI=1S/C54H38N2/c1-5-16-39(17-6-1)41-28-32-47(33-29-41)55(53-34-30-44(40-18-7-2-8-19-40)37-50(53)42-20-9-3-10-21-42)48-25-15-22-43(36-48)45-31-35-54-51(38-45)49-26-13-14-27-52(49)56(54)46-23-11-4-12-24-46/h1-38H/i2D,3D,7D,8D,9D,10D,15D,18D,19D,20D,21D,22D,25D,30D,34D,36D,37D. The summed E-state index contributed by atoms with van der Waals surface area (Å²) in [4.78, 5) is 1.14. The summed E-state index contributed by atoms with van der Waals surface area (Å²) in [5.41, 5.74) is 0.660. The van der Waals surface area contributed by atoms with Crippen LogP contribution in [0.25, 0.3) is 72.0 Å². The second kappa shape index (κ2) is 14.4. The van der Waals surface area contributed by atoms with E-state index in [9.17, 15) is 12.3 Å². The first-order valence-electron chi connectivity index (χ1n) is 26.3. The number of nitrogens with zero attached hydrogens (tertiary/aromatic N) is 2. The van der Waals surface area contributed by atoms with Crippen LogP contribution < -0.4 is 4.90 Å². The minimum absolute atomic E-state index is 0.0580. The lowest BCUT2D eigenvalue weighted by atomic mass is 9.95. The van der Waals surface area contributed by atoms with Crippen LogP contribution in [0.5, 0.6) is 0 Å². The number of benzene rings is 9. The van der Waals surface area contributed by atoms with Crippen LogP contribution in [0.1, 0.15) is 23.3 Å². The molecule has 0 aliphatic rings. The molecular formula is C54H38N2. The van der Waals surface area contributed by atoms with Crippen molar-refractivity contribution in [2.24, 2.45) is 0 Å². The molecule has 0 radical (unpaired) electrons. The van der Waals surface area contributed by atoms with Gasteiger partial charge in [-0.3, -0.25) is 0 Å². The van der Waals surface area contributed by atoms with Crippen LogP contribution in [0, 0.1) is 0 Å². The number of hydrogen-bond donors (Lipinski definition) is 0. The highest BCUT2D eigenvalue weighted by molar-refractivity contribution is 6.10. The summed E-state index contributed by atoms with van der Waals surface area (Å²) in [6, 6.07) is 25.3. The van der Waals surface area contributed by atoms with Crippen molar-refractivity contribution in [1.82, 2.24) is 4.57 Å². The SMILES string of the molecule is [2H]c1c([2H])c([2H])c(-c2c([2H])c([2H])c(N(c3ccc(-c4ccccc4)cc3)c3c([2H])c([2H])c([2H])c(-c4ccc5c(c4)c4ccccc4n5-c4ccccc4)c3[2H])c(-c3c([2H])c([2H])c([2H])c([2H])c3[2H])c2[2H])c([2H])c1[2H]. The minimum Gasteiger partial charge on any atom is -0.310 e. The summed E-state index contributed by atoms with van der Waals surface area (Å²) in [5, 5.41) is 1.59. The van der Waals surface area contributed by atoms with Gasteiger partial charge in [0.25, 0.3) is 0 Å². The van der Waals surface area contributed by atoms with Crippen molar-refractivity contribution in [3.8, 4) is 50.2 Å². The van der Waals surface area contributed by atoms with E-state index in [0.717, 1.165) is 38.0 Å². The molecule has 0 saturated heterocycles. The van der Waals surface area contributed by atoms with E-state index in [1.165, 1.54) is 0 Å². The Hall–Kier alpha value is -7.42. The van der Waals surface area contributed by atoms with Crippen LogP contribution >= 0.6 is 0 Å². The molecule has 0 spiro atoms. The van der Waals surface area contributed by atoms with Crippen LogP contribution in [0.15, 0.2) is 230 Å². The minimum atomic E-state index is -0.874.